The smallest absolute Gasteiger partial charge is 0.253 e. The number of carbonyl (C=O) groups excluding carboxylic acids is 1. The van der Waals surface area contributed by atoms with Crippen LogP contribution in [0.4, 0.5) is 4.39 Å². The van der Waals surface area contributed by atoms with Crippen LogP contribution in [0.25, 0.3) is 0 Å². The summed E-state index contributed by atoms with van der Waals surface area (Å²) in [6, 6.07) is 13.7. The van der Waals surface area contributed by atoms with Crippen molar-refractivity contribution in [3.8, 4) is 0 Å². The zero-order chi connectivity index (χ0) is 15.4. The monoisotopic (exact) mass is 349 g/mol. The predicted octanol–water partition coefficient (Wildman–Crippen LogP) is 4.72. The van der Waals surface area contributed by atoms with Crippen molar-refractivity contribution in [3.63, 3.8) is 0 Å². The molecule has 0 aliphatic rings. The molecule has 0 bridgehead atoms. The molecule has 1 amide bonds. The Morgan fingerprint density at radius 1 is 1.14 bits per heavy atom. The molecule has 0 aromatic heterocycles. The topological polar surface area (TPSA) is 29.1 Å². The lowest BCUT2D eigenvalue weighted by Crippen LogP contribution is -2.32. The molecule has 1 atom stereocenters. The van der Waals surface area contributed by atoms with Gasteiger partial charge in [-0.2, -0.15) is 0 Å². The van der Waals surface area contributed by atoms with Crippen LogP contribution < -0.4 is 5.32 Å². The maximum atomic E-state index is 13.3. The van der Waals surface area contributed by atoms with Gasteiger partial charge in [0, 0.05) is 4.47 Å². The lowest BCUT2D eigenvalue weighted by atomic mass is 9.95. The van der Waals surface area contributed by atoms with E-state index in [2.05, 4.69) is 21.2 Å². The Morgan fingerprint density at radius 3 is 2.43 bits per heavy atom. The summed E-state index contributed by atoms with van der Waals surface area (Å²) < 4.78 is 13.9. The maximum Gasteiger partial charge on any atom is 0.253 e. The summed E-state index contributed by atoms with van der Waals surface area (Å²) in [7, 11) is 0. The number of hydrogen-bond donors (Lipinski definition) is 1. The number of nitrogens with one attached hydrogen (secondary N) is 1. The first-order valence-corrected chi connectivity index (χ1v) is 7.59. The summed E-state index contributed by atoms with van der Waals surface area (Å²) >= 11 is 3.29. The zero-order valence-electron chi connectivity index (χ0n) is 11.9. The van der Waals surface area contributed by atoms with Gasteiger partial charge in [-0.25, -0.2) is 4.39 Å². The summed E-state index contributed by atoms with van der Waals surface area (Å²) in [5.41, 5.74) is 1.34. The van der Waals surface area contributed by atoms with Gasteiger partial charge in [0.2, 0.25) is 0 Å². The highest BCUT2D eigenvalue weighted by Crippen LogP contribution is 2.24. The fourth-order valence-electron chi connectivity index (χ4n) is 2.19. The Labute approximate surface area is 132 Å². The second-order valence-electron chi connectivity index (χ2n) is 5.23. The molecular weight excluding hydrogens is 333 g/mol. The molecule has 1 N–H and O–H groups in total. The van der Waals surface area contributed by atoms with Gasteiger partial charge < -0.3 is 5.32 Å². The van der Waals surface area contributed by atoms with Crippen molar-refractivity contribution in [2.75, 3.05) is 0 Å². The van der Waals surface area contributed by atoms with Gasteiger partial charge in [-0.15, -0.1) is 0 Å². The number of benzene rings is 2. The highest BCUT2D eigenvalue weighted by molar-refractivity contribution is 9.10. The number of amides is 1. The molecule has 0 radical (unpaired) electrons. The maximum absolute atomic E-state index is 13.3. The lowest BCUT2D eigenvalue weighted by molar-refractivity contribution is 0.0924. The molecular formula is C17H17BrFNO. The van der Waals surface area contributed by atoms with E-state index >= 15 is 0 Å². The van der Waals surface area contributed by atoms with Crippen LogP contribution >= 0.6 is 15.9 Å². The summed E-state index contributed by atoms with van der Waals surface area (Å²) in [4.78, 5) is 12.4. The fraction of sp³-hybridized carbons (Fsp3) is 0.235. The Bertz CT molecular complexity index is 628. The van der Waals surface area contributed by atoms with Crippen LogP contribution in [0.3, 0.4) is 0 Å². The minimum atomic E-state index is -0.427. The van der Waals surface area contributed by atoms with Gasteiger partial charge in [-0.05, 0) is 45.6 Å². The van der Waals surface area contributed by atoms with Gasteiger partial charge >= 0.3 is 0 Å². The molecule has 110 valence electrons. The first kappa shape index (κ1) is 15.7. The van der Waals surface area contributed by atoms with E-state index in [9.17, 15) is 9.18 Å². The summed E-state index contributed by atoms with van der Waals surface area (Å²) in [6.45, 7) is 4.08. The molecule has 0 fully saturated rings. The summed E-state index contributed by atoms with van der Waals surface area (Å²) in [6.07, 6.45) is 0. The highest BCUT2D eigenvalue weighted by atomic mass is 79.9. The Kier molecular flexibility index (Phi) is 5.12. The van der Waals surface area contributed by atoms with Crippen molar-refractivity contribution in [3.05, 3.63) is 69.9 Å². The summed E-state index contributed by atoms with van der Waals surface area (Å²) in [5.74, 6) is -0.489. The molecule has 0 saturated heterocycles. The van der Waals surface area contributed by atoms with Gasteiger partial charge in [0.25, 0.3) is 5.91 Å². The van der Waals surface area contributed by atoms with E-state index in [1.807, 2.05) is 44.2 Å². The normalized spacial score (nSPS) is 12.2. The Balaban J connectivity index is 2.25. The van der Waals surface area contributed by atoms with Crippen molar-refractivity contribution in [2.24, 2.45) is 5.92 Å². The van der Waals surface area contributed by atoms with Crippen molar-refractivity contribution in [1.82, 2.24) is 5.32 Å². The minimum absolute atomic E-state index is 0.117. The molecule has 4 heteroatoms. The van der Waals surface area contributed by atoms with Crippen LogP contribution in [-0.4, -0.2) is 5.91 Å². The SMILES string of the molecule is CC(C)C(NC(=O)c1cc(F)ccc1Br)c1ccccc1. The van der Waals surface area contributed by atoms with Crippen molar-refractivity contribution >= 4 is 21.8 Å². The van der Waals surface area contributed by atoms with Crippen molar-refractivity contribution < 1.29 is 9.18 Å². The largest absolute Gasteiger partial charge is 0.345 e. The van der Waals surface area contributed by atoms with E-state index in [0.29, 0.717) is 10.0 Å². The molecule has 2 aromatic carbocycles. The van der Waals surface area contributed by atoms with E-state index in [-0.39, 0.29) is 17.9 Å². The van der Waals surface area contributed by atoms with Crippen LogP contribution in [0, 0.1) is 11.7 Å². The van der Waals surface area contributed by atoms with Gasteiger partial charge in [0.1, 0.15) is 5.82 Å². The number of hydrogen-bond acceptors (Lipinski definition) is 1. The minimum Gasteiger partial charge on any atom is -0.345 e. The van der Waals surface area contributed by atoms with Crippen molar-refractivity contribution in [1.29, 1.82) is 0 Å². The second-order valence-corrected chi connectivity index (χ2v) is 6.08. The molecule has 1 unspecified atom stereocenters. The van der Waals surface area contributed by atoms with Crippen LogP contribution in [-0.2, 0) is 0 Å². The number of rotatable bonds is 4. The molecule has 21 heavy (non-hydrogen) atoms. The van der Waals surface area contributed by atoms with Crippen LogP contribution in [0.5, 0.6) is 0 Å². The molecule has 2 aromatic rings. The first-order valence-electron chi connectivity index (χ1n) is 6.80. The quantitative estimate of drug-likeness (QED) is 0.850. The number of carbonyl (C=O) groups is 1. The molecule has 0 aliphatic heterocycles. The summed E-state index contributed by atoms with van der Waals surface area (Å²) in [5, 5.41) is 2.98. The molecule has 2 nitrogen and oxygen atoms in total. The van der Waals surface area contributed by atoms with Crippen LogP contribution in [0.15, 0.2) is 53.0 Å². The fourth-order valence-corrected chi connectivity index (χ4v) is 2.61. The Morgan fingerprint density at radius 2 is 1.81 bits per heavy atom. The Hall–Kier alpha value is -1.68. The first-order chi connectivity index (χ1) is 9.99. The third-order valence-corrected chi connectivity index (χ3v) is 3.98. The third kappa shape index (κ3) is 3.91. The van der Waals surface area contributed by atoms with Crippen LogP contribution in [0.2, 0.25) is 0 Å². The van der Waals surface area contributed by atoms with Gasteiger partial charge in [0.05, 0.1) is 11.6 Å². The molecule has 0 saturated carbocycles. The molecule has 0 aliphatic carbocycles. The number of halogens is 2. The van der Waals surface area contributed by atoms with Crippen molar-refractivity contribution in [2.45, 2.75) is 19.9 Å². The second kappa shape index (κ2) is 6.85. The lowest BCUT2D eigenvalue weighted by Gasteiger charge is -2.23. The van der Waals surface area contributed by atoms with E-state index in [0.717, 1.165) is 5.56 Å². The molecule has 0 spiro atoms. The molecule has 0 heterocycles. The third-order valence-electron chi connectivity index (χ3n) is 3.28. The average Bonchev–Trinajstić information content (AvgIpc) is 2.47. The van der Waals surface area contributed by atoms with E-state index in [4.69, 9.17) is 0 Å². The zero-order valence-corrected chi connectivity index (χ0v) is 13.5. The highest BCUT2D eigenvalue weighted by Gasteiger charge is 2.20. The molecule has 2 rings (SSSR count). The van der Waals surface area contributed by atoms with E-state index < -0.39 is 5.82 Å². The standard InChI is InChI=1S/C17H17BrFNO/c1-11(2)16(12-6-4-3-5-7-12)20-17(21)14-10-13(19)8-9-15(14)18/h3-11,16H,1-2H3,(H,20,21). The van der Waals surface area contributed by atoms with Gasteiger partial charge in [-0.1, -0.05) is 44.2 Å². The average molecular weight is 350 g/mol. The predicted molar refractivity (Wildman–Crippen MR) is 85.6 cm³/mol. The van der Waals surface area contributed by atoms with Crippen LogP contribution in [0.1, 0.15) is 35.8 Å². The van der Waals surface area contributed by atoms with Gasteiger partial charge in [-0.3, -0.25) is 4.79 Å². The van der Waals surface area contributed by atoms with Gasteiger partial charge in [0.15, 0.2) is 0 Å². The van der Waals surface area contributed by atoms with E-state index in [1.54, 1.807) is 0 Å². The van der Waals surface area contributed by atoms with E-state index in [1.165, 1.54) is 18.2 Å².